The van der Waals surface area contributed by atoms with Gasteiger partial charge in [0.25, 0.3) is 17.7 Å². The van der Waals surface area contributed by atoms with E-state index in [1.807, 2.05) is 14.1 Å². The summed E-state index contributed by atoms with van der Waals surface area (Å²) in [6.45, 7) is 0.755. The van der Waals surface area contributed by atoms with Gasteiger partial charge in [-0.1, -0.05) is 30.3 Å². The van der Waals surface area contributed by atoms with E-state index in [0.717, 1.165) is 18.9 Å². The molecule has 3 amide bonds. The fourth-order valence-corrected chi connectivity index (χ4v) is 5.61. The van der Waals surface area contributed by atoms with Crippen LogP contribution >= 0.6 is 0 Å². The van der Waals surface area contributed by atoms with E-state index in [2.05, 4.69) is 10.2 Å². The third kappa shape index (κ3) is 6.44. The summed E-state index contributed by atoms with van der Waals surface area (Å²) < 4.78 is 31.3. The van der Waals surface area contributed by atoms with Gasteiger partial charge in [0, 0.05) is 66.2 Å². The number of carbonyl (C=O) groups excluding carboxylic acids is 3. The number of anilines is 3. The van der Waals surface area contributed by atoms with Gasteiger partial charge in [-0.05, 0) is 69.4 Å². The van der Waals surface area contributed by atoms with Crippen molar-refractivity contribution in [2.75, 3.05) is 49.7 Å². The molecule has 3 aromatic rings. The fraction of sp³-hybridized carbons (Fsp3) is 0.303. The first kappa shape index (κ1) is 29.9. The number of nitrogens with two attached hydrogens (primary N) is 1. The van der Waals surface area contributed by atoms with Gasteiger partial charge >= 0.3 is 0 Å². The lowest BCUT2D eigenvalue weighted by atomic mass is 9.96. The first-order valence-corrected chi connectivity index (χ1v) is 14.3. The van der Waals surface area contributed by atoms with Crippen LogP contribution in [-0.2, 0) is 4.79 Å². The maximum Gasteiger partial charge on any atom is 0.275 e. The molecule has 1 saturated heterocycles. The first-order valence-electron chi connectivity index (χ1n) is 14.3. The largest absolute Gasteiger partial charge is 0.398 e. The quantitative estimate of drug-likeness (QED) is 0.318. The summed E-state index contributed by atoms with van der Waals surface area (Å²) in [7, 11) is 3.99. The molecule has 0 aromatic heterocycles. The Morgan fingerprint density at radius 3 is 2.26 bits per heavy atom. The average Bonchev–Trinajstić information content (AvgIpc) is 3.11. The van der Waals surface area contributed by atoms with Crippen molar-refractivity contribution < 1.29 is 23.2 Å². The molecule has 0 spiro atoms. The van der Waals surface area contributed by atoms with Gasteiger partial charge < -0.3 is 25.8 Å². The highest BCUT2D eigenvalue weighted by molar-refractivity contribution is 6.10. The fourth-order valence-electron chi connectivity index (χ4n) is 5.61. The van der Waals surface area contributed by atoms with Crippen LogP contribution in [0.2, 0.25) is 0 Å². The molecule has 0 radical (unpaired) electrons. The van der Waals surface area contributed by atoms with Crippen LogP contribution < -0.4 is 16.0 Å². The van der Waals surface area contributed by atoms with E-state index < -0.39 is 30.1 Å². The summed E-state index contributed by atoms with van der Waals surface area (Å²) >= 11 is 0. The van der Waals surface area contributed by atoms with Crippen LogP contribution in [0.5, 0.6) is 0 Å². The van der Waals surface area contributed by atoms with Crippen LogP contribution in [0.3, 0.4) is 0 Å². The molecule has 10 heteroatoms. The van der Waals surface area contributed by atoms with E-state index in [-0.39, 0.29) is 23.2 Å². The van der Waals surface area contributed by atoms with Crippen LogP contribution in [-0.4, -0.2) is 73.2 Å². The summed E-state index contributed by atoms with van der Waals surface area (Å²) in [5.74, 6) is -4.63. The minimum Gasteiger partial charge on any atom is -0.398 e. The molecule has 2 aliphatic rings. The molecule has 2 heterocycles. The Morgan fingerprint density at radius 2 is 1.58 bits per heavy atom. The number of hydrogen-bond acceptors (Lipinski definition) is 5. The Morgan fingerprint density at radius 1 is 0.930 bits per heavy atom. The molecular formula is C33H35F2N5O3. The smallest absolute Gasteiger partial charge is 0.275 e. The van der Waals surface area contributed by atoms with Gasteiger partial charge in [-0.15, -0.1) is 0 Å². The number of carbonyl (C=O) groups is 3. The van der Waals surface area contributed by atoms with Crippen molar-refractivity contribution in [1.82, 2.24) is 9.80 Å². The number of nitrogens with one attached hydrogen (secondary N) is 1. The Bertz CT molecular complexity index is 1550. The number of likely N-dealkylation sites (tertiary alicyclic amines) is 1. The minimum atomic E-state index is -3.32. The zero-order chi connectivity index (χ0) is 30.7. The third-order valence-electron chi connectivity index (χ3n) is 8.14. The van der Waals surface area contributed by atoms with E-state index in [0.29, 0.717) is 41.8 Å². The molecule has 43 heavy (non-hydrogen) atoms. The van der Waals surface area contributed by atoms with Gasteiger partial charge in [-0.3, -0.25) is 14.4 Å². The maximum atomic E-state index is 15.7. The highest BCUT2D eigenvalue weighted by atomic mass is 19.3. The second kappa shape index (κ2) is 12.3. The number of rotatable bonds is 5. The number of nitrogens with zero attached hydrogens (tertiary/aromatic N) is 3. The van der Waals surface area contributed by atoms with Gasteiger partial charge in [0.1, 0.15) is 0 Å². The predicted molar refractivity (Wildman–Crippen MR) is 164 cm³/mol. The SMILES string of the molecule is CN(C)C1CCN(C(=O)/C=C2/c3ccccc3N(C(=O)c3ccc(NC(=O)c4ccccc4N)cc3)CCC2(F)F)CC1. The van der Waals surface area contributed by atoms with E-state index >= 15 is 8.78 Å². The number of benzene rings is 3. The van der Waals surface area contributed by atoms with E-state index in [1.54, 1.807) is 59.5 Å². The lowest BCUT2D eigenvalue weighted by Crippen LogP contribution is -2.44. The predicted octanol–water partition coefficient (Wildman–Crippen LogP) is 5.14. The van der Waals surface area contributed by atoms with Crippen LogP contribution in [0.15, 0.2) is 78.9 Å². The van der Waals surface area contributed by atoms with Crippen LogP contribution in [0.4, 0.5) is 25.8 Å². The van der Waals surface area contributed by atoms with Crippen LogP contribution in [0.25, 0.3) is 5.57 Å². The molecule has 5 rings (SSSR count). The number of alkyl halides is 2. The van der Waals surface area contributed by atoms with Gasteiger partial charge in [0.05, 0.1) is 11.3 Å². The van der Waals surface area contributed by atoms with Crippen molar-refractivity contribution in [3.63, 3.8) is 0 Å². The molecule has 0 unspecified atom stereocenters. The molecule has 3 N–H and O–H groups in total. The number of para-hydroxylation sites is 2. The lowest BCUT2D eigenvalue weighted by molar-refractivity contribution is -0.127. The third-order valence-corrected chi connectivity index (χ3v) is 8.14. The second-order valence-corrected chi connectivity index (χ2v) is 11.1. The Kier molecular flexibility index (Phi) is 8.59. The number of hydrogen-bond donors (Lipinski definition) is 2. The van der Waals surface area contributed by atoms with E-state index in [4.69, 9.17) is 5.73 Å². The Hall–Kier alpha value is -4.57. The number of fused-ring (bicyclic) bond motifs is 1. The maximum absolute atomic E-state index is 15.7. The molecule has 0 saturated carbocycles. The number of nitrogen functional groups attached to an aromatic ring is 1. The molecular weight excluding hydrogens is 552 g/mol. The van der Waals surface area contributed by atoms with Crippen molar-refractivity contribution in [3.8, 4) is 0 Å². The monoisotopic (exact) mass is 587 g/mol. The number of halogens is 2. The minimum absolute atomic E-state index is 0.152. The van der Waals surface area contributed by atoms with Crippen LogP contribution in [0.1, 0.15) is 45.5 Å². The first-order chi connectivity index (χ1) is 20.5. The molecule has 2 aliphatic heterocycles. The standard InChI is InChI=1S/C33H35F2N5O3/c1-38(2)24-15-18-39(19-16-24)30(41)21-27-25-7-4-6-10-29(25)40(20-17-33(27,34)35)32(43)22-11-13-23(14-12-22)37-31(42)26-8-3-5-9-28(26)36/h3-14,21,24H,15-20,36H2,1-2H3,(H,37,42)/b27-21-. The summed E-state index contributed by atoms with van der Waals surface area (Å²) in [4.78, 5) is 44.5. The molecule has 8 nitrogen and oxygen atoms in total. The highest BCUT2D eigenvalue weighted by Gasteiger charge is 2.42. The molecule has 0 bridgehead atoms. The zero-order valence-electron chi connectivity index (χ0n) is 24.2. The molecule has 0 atom stereocenters. The normalized spacial score (nSPS) is 17.8. The lowest BCUT2D eigenvalue weighted by Gasteiger charge is -2.35. The Labute approximate surface area is 249 Å². The van der Waals surface area contributed by atoms with Gasteiger partial charge in [-0.25, -0.2) is 8.78 Å². The Balaban J connectivity index is 1.37. The van der Waals surface area contributed by atoms with E-state index in [1.165, 1.54) is 23.1 Å². The van der Waals surface area contributed by atoms with Gasteiger partial charge in [0.2, 0.25) is 5.91 Å². The van der Waals surface area contributed by atoms with Crippen LogP contribution in [0, 0.1) is 0 Å². The zero-order valence-corrected chi connectivity index (χ0v) is 24.2. The van der Waals surface area contributed by atoms with Crippen molar-refractivity contribution in [2.24, 2.45) is 0 Å². The summed E-state index contributed by atoms with van der Waals surface area (Å²) in [5.41, 5.74) is 7.36. The van der Waals surface area contributed by atoms with Crippen molar-refractivity contribution in [3.05, 3.63) is 95.6 Å². The molecule has 3 aromatic carbocycles. The number of amides is 3. The molecule has 1 fully saturated rings. The number of piperidine rings is 1. The van der Waals surface area contributed by atoms with Gasteiger partial charge in [-0.2, -0.15) is 0 Å². The number of allylic oxidation sites excluding steroid dienone is 1. The molecule has 0 aliphatic carbocycles. The summed E-state index contributed by atoms with van der Waals surface area (Å²) in [6.07, 6.45) is 1.97. The highest BCUT2D eigenvalue weighted by Crippen LogP contribution is 2.43. The van der Waals surface area contributed by atoms with Crippen molar-refractivity contribution >= 4 is 40.4 Å². The second-order valence-electron chi connectivity index (χ2n) is 11.1. The summed E-state index contributed by atoms with van der Waals surface area (Å²) in [5, 5.41) is 2.75. The molecule has 224 valence electrons. The average molecular weight is 588 g/mol. The van der Waals surface area contributed by atoms with Crippen molar-refractivity contribution in [1.29, 1.82) is 0 Å². The van der Waals surface area contributed by atoms with Crippen molar-refractivity contribution in [2.45, 2.75) is 31.2 Å². The van der Waals surface area contributed by atoms with Gasteiger partial charge in [0.15, 0.2) is 0 Å². The van der Waals surface area contributed by atoms with E-state index in [9.17, 15) is 14.4 Å². The topological polar surface area (TPSA) is 99.0 Å². The summed E-state index contributed by atoms with van der Waals surface area (Å²) in [6, 6.07) is 19.7.